The first-order valence-corrected chi connectivity index (χ1v) is 5.71. The molecule has 0 aliphatic rings. The van der Waals surface area contributed by atoms with Crippen LogP contribution in [-0.2, 0) is 4.79 Å². The van der Waals surface area contributed by atoms with Gasteiger partial charge in [-0.25, -0.2) is 0 Å². The molecule has 4 N–H and O–H groups in total. The number of hydrogen-bond acceptors (Lipinski definition) is 4. The van der Waals surface area contributed by atoms with Gasteiger partial charge in [0.15, 0.2) is 6.29 Å². The Kier molecular flexibility index (Phi) is 4.85. The highest BCUT2D eigenvalue weighted by Crippen LogP contribution is 2.29. The summed E-state index contributed by atoms with van der Waals surface area (Å²) >= 11 is 0. The molecule has 5 nitrogen and oxygen atoms in total. The van der Waals surface area contributed by atoms with Crippen molar-refractivity contribution in [1.82, 2.24) is 0 Å². The number of carbonyl (C=O) groups is 2. The minimum absolute atomic E-state index is 0.0425. The summed E-state index contributed by atoms with van der Waals surface area (Å²) in [5, 5.41) is 18.4. The molecule has 0 aliphatic heterocycles. The number of rotatable bonds is 6. The zero-order valence-corrected chi connectivity index (χ0v) is 10.2. The number of phenols is 1. The highest BCUT2D eigenvalue weighted by Gasteiger charge is 2.15. The van der Waals surface area contributed by atoms with Gasteiger partial charge in [-0.15, -0.1) is 0 Å². The highest BCUT2D eigenvalue weighted by molar-refractivity contribution is 5.80. The lowest BCUT2D eigenvalue weighted by atomic mass is 9.96. The van der Waals surface area contributed by atoms with Crippen LogP contribution in [0, 0.1) is 6.92 Å². The average Bonchev–Trinajstić information content (AvgIpc) is 2.30. The summed E-state index contributed by atoms with van der Waals surface area (Å²) in [5.74, 6) is -0.984. The van der Waals surface area contributed by atoms with Crippen LogP contribution in [-0.4, -0.2) is 22.5 Å². The molecular formula is C13H17NO4. The van der Waals surface area contributed by atoms with Crippen LogP contribution in [0.2, 0.25) is 0 Å². The lowest BCUT2D eigenvalue weighted by Crippen LogP contribution is -2.12. The average molecular weight is 251 g/mol. The number of carboxylic acid groups (broad SMARTS) is 1. The van der Waals surface area contributed by atoms with Crippen molar-refractivity contribution in [2.75, 3.05) is 0 Å². The molecule has 0 unspecified atom stereocenters. The van der Waals surface area contributed by atoms with Crippen LogP contribution in [0.25, 0.3) is 0 Å². The molecule has 0 saturated carbocycles. The summed E-state index contributed by atoms with van der Waals surface area (Å²) < 4.78 is 0. The van der Waals surface area contributed by atoms with E-state index in [4.69, 9.17) is 10.8 Å². The van der Waals surface area contributed by atoms with Crippen LogP contribution in [0.4, 0.5) is 0 Å². The minimum Gasteiger partial charge on any atom is -0.507 e. The predicted molar refractivity (Wildman–Crippen MR) is 66.6 cm³/mol. The van der Waals surface area contributed by atoms with Gasteiger partial charge in [0.2, 0.25) is 0 Å². The second kappa shape index (κ2) is 6.16. The molecule has 0 spiro atoms. The summed E-state index contributed by atoms with van der Waals surface area (Å²) in [7, 11) is 0. The summed E-state index contributed by atoms with van der Waals surface area (Å²) in [4.78, 5) is 21.2. The van der Waals surface area contributed by atoms with Crippen LogP contribution in [0.1, 0.15) is 46.8 Å². The van der Waals surface area contributed by atoms with Crippen LogP contribution < -0.4 is 5.73 Å². The third-order valence-corrected chi connectivity index (χ3v) is 2.75. The first-order valence-electron chi connectivity index (χ1n) is 5.71. The van der Waals surface area contributed by atoms with Gasteiger partial charge in [0.1, 0.15) is 5.75 Å². The fourth-order valence-corrected chi connectivity index (χ4v) is 1.84. The molecule has 0 heterocycles. The van der Waals surface area contributed by atoms with Gasteiger partial charge < -0.3 is 15.9 Å². The minimum atomic E-state index is -0.871. The number of aliphatic carboxylic acids is 1. The molecule has 0 aromatic heterocycles. The molecule has 0 aliphatic carbocycles. The Morgan fingerprint density at radius 3 is 2.72 bits per heavy atom. The first kappa shape index (κ1) is 14.2. The van der Waals surface area contributed by atoms with Crippen LogP contribution in [0.15, 0.2) is 12.1 Å². The Balaban J connectivity index is 2.84. The maximum Gasteiger partial charge on any atom is 0.303 e. The Bertz CT molecular complexity index is 457. The fraction of sp³-hybridized carbons (Fsp3) is 0.385. The van der Waals surface area contributed by atoms with Crippen LogP contribution in [0.5, 0.6) is 5.75 Å². The van der Waals surface area contributed by atoms with Crippen molar-refractivity contribution in [3.05, 3.63) is 28.8 Å². The molecule has 0 amide bonds. The predicted octanol–water partition coefficient (Wildman–Crippen LogP) is 1.77. The maximum absolute atomic E-state index is 10.8. The Morgan fingerprint density at radius 2 is 2.17 bits per heavy atom. The molecule has 0 fully saturated rings. The van der Waals surface area contributed by atoms with E-state index in [1.54, 1.807) is 19.1 Å². The number of nitrogens with two attached hydrogens (primary N) is 1. The van der Waals surface area contributed by atoms with E-state index in [0.717, 1.165) is 5.56 Å². The van der Waals surface area contributed by atoms with E-state index in [0.29, 0.717) is 24.7 Å². The molecule has 0 saturated heterocycles. The number of aldehydes is 1. The van der Waals surface area contributed by atoms with E-state index >= 15 is 0 Å². The molecule has 18 heavy (non-hydrogen) atoms. The monoisotopic (exact) mass is 251 g/mol. The lowest BCUT2D eigenvalue weighted by Gasteiger charge is -2.15. The number of benzene rings is 1. The van der Waals surface area contributed by atoms with E-state index in [9.17, 15) is 14.7 Å². The first-order chi connectivity index (χ1) is 8.45. The van der Waals surface area contributed by atoms with E-state index in [1.165, 1.54) is 0 Å². The van der Waals surface area contributed by atoms with E-state index in [1.807, 2.05) is 0 Å². The molecule has 0 radical (unpaired) electrons. The topological polar surface area (TPSA) is 101 Å². The molecule has 1 rings (SSSR count). The summed E-state index contributed by atoms with van der Waals surface area (Å²) in [6.45, 7) is 1.81. The van der Waals surface area contributed by atoms with Gasteiger partial charge in [0.25, 0.3) is 0 Å². The summed E-state index contributed by atoms with van der Waals surface area (Å²) in [6, 6.07) is 2.83. The highest BCUT2D eigenvalue weighted by atomic mass is 16.4. The largest absolute Gasteiger partial charge is 0.507 e. The molecule has 98 valence electrons. The maximum atomic E-state index is 10.8. The molecule has 1 aromatic carbocycles. The Morgan fingerprint density at radius 1 is 1.50 bits per heavy atom. The number of carboxylic acids is 1. The number of aromatic hydroxyl groups is 1. The SMILES string of the molecule is Cc1cc(C=O)c(O)c([C@@H](N)CCCC(=O)O)c1. The third-order valence-electron chi connectivity index (χ3n) is 2.75. The molecular weight excluding hydrogens is 234 g/mol. The van der Waals surface area contributed by atoms with Crippen molar-refractivity contribution in [3.8, 4) is 5.75 Å². The van der Waals surface area contributed by atoms with Crippen molar-refractivity contribution in [2.24, 2.45) is 5.73 Å². The fourth-order valence-electron chi connectivity index (χ4n) is 1.84. The van der Waals surface area contributed by atoms with Crippen molar-refractivity contribution >= 4 is 12.3 Å². The van der Waals surface area contributed by atoms with Crippen LogP contribution in [0.3, 0.4) is 0 Å². The van der Waals surface area contributed by atoms with Gasteiger partial charge >= 0.3 is 5.97 Å². The molecule has 0 bridgehead atoms. The Hall–Kier alpha value is -1.88. The quantitative estimate of drug-likeness (QED) is 0.669. The number of aryl methyl sites for hydroxylation is 1. The van der Waals surface area contributed by atoms with Crippen molar-refractivity contribution in [2.45, 2.75) is 32.2 Å². The summed E-state index contributed by atoms with van der Waals surface area (Å²) in [6.07, 6.45) is 1.50. The number of hydrogen-bond donors (Lipinski definition) is 3. The molecule has 1 atom stereocenters. The van der Waals surface area contributed by atoms with E-state index in [-0.39, 0.29) is 17.7 Å². The molecule has 5 heteroatoms. The number of phenolic OH excluding ortho intramolecular Hbond substituents is 1. The van der Waals surface area contributed by atoms with Gasteiger partial charge in [-0.2, -0.15) is 0 Å². The van der Waals surface area contributed by atoms with Crippen molar-refractivity contribution < 1.29 is 19.8 Å². The van der Waals surface area contributed by atoms with Gasteiger partial charge in [-0.05, 0) is 31.4 Å². The van der Waals surface area contributed by atoms with Crippen LogP contribution >= 0.6 is 0 Å². The normalized spacial score (nSPS) is 12.1. The van der Waals surface area contributed by atoms with Gasteiger partial charge in [-0.1, -0.05) is 6.07 Å². The van der Waals surface area contributed by atoms with Gasteiger partial charge in [-0.3, -0.25) is 9.59 Å². The second-order valence-corrected chi connectivity index (χ2v) is 4.30. The Labute approximate surface area is 105 Å². The van der Waals surface area contributed by atoms with Crippen molar-refractivity contribution in [1.29, 1.82) is 0 Å². The standard InChI is InChI=1S/C13H17NO4/c1-8-5-9(7-15)13(18)10(6-8)11(14)3-2-4-12(16)17/h5-7,11,18H,2-4,14H2,1H3,(H,16,17)/t11-/m0/s1. The van der Waals surface area contributed by atoms with Gasteiger partial charge in [0, 0.05) is 18.0 Å². The van der Waals surface area contributed by atoms with Crippen molar-refractivity contribution in [3.63, 3.8) is 0 Å². The summed E-state index contributed by atoms with van der Waals surface area (Å²) in [5.41, 5.74) is 7.43. The molecule has 1 aromatic rings. The number of carbonyl (C=O) groups excluding carboxylic acids is 1. The second-order valence-electron chi connectivity index (χ2n) is 4.30. The van der Waals surface area contributed by atoms with Gasteiger partial charge in [0.05, 0.1) is 5.56 Å². The lowest BCUT2D eigenvalue weighted by molar-refractivity contribution is -0.137. The third kappa shape index (κ3) is 3.56. The zero-order valence-electron chi connectivity index (χ0n) is 10.2. The zero-order chi connectivity index (χ0) is 13.7. The van der Waals surface area contributed by atoms with E-state index < -0.39 is 12.0 Å². The van der Waals surface area contributed by atoms with E-state index in [2.05, 4.69) is 0 Å². The smallest absolute Gasteiger partial charge is 0.303 e.